The van der Waals surface area contributed by atoms with Crippen LogP contribution >= 0.6 is 27.3 Å². The molecule has 0 unspecified atom stereocenters. The van der Waals surface area contributed by atoms with Gasteiger partial charge in [0.1, 0.15) is 0 Å². The predicted molar refractivity (Wildman–Crippen MR) is 80.6 cm³/mol. The number of thiophene rings is 1. The Hall–Kier alpha value is -1.23. The first-order valence-electron chi connectivity index (χ1n) is 5.61. The number of rotatable bonds is 2. The van der Waals surface area contributed by atoms with E-state index < -0.39 is 0 Å². The Morgan fingerprint density at radius 2 is 2.11 bits per heavy atom. The molecular weight excluding hydrogens is 308 g/mol. The fourth-order valence-electron chi connectivity index (χ4n) is 1.89. The molecule has 0 saturated heterocycles. The van der Waals surface area contributed by atoms with Crippen molar-refractivity contribution in [2.24, 2.45) is 5.73 Å². The Labute approximate surface area is 118 Å². The molecule has 0 spiro atoms. The predicted octanol–water partition coefficient (Wildman–Crippen LogP) is 4.18. The Kier molecular flexibility index (Phi) is 3.16. The lowest BCUT2D eigenvalue weighted by atomic mass is 10.2. The molecule has 0 aliphatic rings. The smallest absolute Gasteiger partial charge is 0.0805 e. The second-order valence-corrected chi connectivity index (χ2v) is 5.95. The van der Waals surface area contributed by atoms with Crippen LogP contribution in [0.25, 0.3) is 20.7 Å². The SMILES string of the molecule is NCc1ccnc(-c2cc3c(Br)cccc3s2)c1. The van der Waals surface area contributed by atoms with Crippen molar-refractivity contribution in [3.63, 3.8) is 0 Å². The fraction of sp³-hybridized carbons (Fsp3) is 0.0714. The molecule has 18 heavy (non-hydrogen) atoms. The maximum absolute atomic E-state index is 5.66. The van der Waals surface area contributed by atoms with Gasteiger partial charge in [0.2, 0.25) is 0 Å². The number of hydrogen-bond donors (Lipinski definition) is 1. The van der Waals surface area contributed by atoms with Crippen LogP contribution in [0.3, 0.4) is 0 Å². The van der Waals surface area contributed by atoms with Gasteiger partial charge in [-0.05, 0) is 35.9 Å². The number of aromatic nitrogens is 1. The van der Waals surface area contributed by atoms with Gasteiger partial charge in [-0.15, -0.1) is 11.3 Å². The van der Waals surface area contributed by atoms with Crippen LogP contribution in [0, 0.1) is 0 Å². The van der Waals surface area contributed by atoms with E-state index in [0.717, 1.165) is 15.7 Å². The van der Waals surface area contributed by atoms with E-state index >= 15 is 0 Å². The fourth-order valence-corrected chi connectivity index (χ4v) is 3.55. The van der Waals surface area contributed by atoms with Crippen molar-refractivity contribution in [1.29, 1.82) is 0 Å². The van der Waals surface area contributed by atoms with Crippen LogP contribution in [0.1, 0.15) is 5.56 Å². The summed E-state index contributed by atoms with van der Waals surface area (Å²) in [5, 5.41) is 1.23. The van der Waals surface area contributed by atoms with Crippen molar-refractivity contribution in [3.05, 3.63) is 52.6 Å². The van der Waals surface area contributed by atoms with Crippen molar-refractivity contribution >= 4 is 37.4 Å². The maximum atomic E-state index is 5.66. The minimum Gasteiger partial charge on any atom is -0.326 e. The van der Waals surface area contributed by atoms with Crippen LogP contribution in [0.15, 0.2) is 47.1 Å². The topological polar surface area (TPSA) is 38.9 Å². The number of hydrogen-bond acceptors (Lipinski definition) is 3. The second-order valence-electron chi connectivity index (χ2n) is 4.02. The molecule has 2 heterocycles. The van der Waals surface area contributed by atoms with Crippen LogP contribution in [0.4, 0.5) is 0 Å². The lowest BCUT2D eigenvalue weighted by Gasteiger charge is -1.99. The molecule has 0 amide bonds. The minimum absolute atomic E-state index is 0.546. The largest absolute Gasteiger partial charge is 0.326 e. The third-order valence-electron chi connectivity index (χ3n) is 2.82. The lowest BCUT2D eigenvalue weighted by molar-refractivity contribution is 1.06. The molecular formula is C14H11BrN2S. The van der Waals surface area contributed by atoms with Gasteiger partial charge in [-0.25, -0.2) is 0 Å². The third kappa shape index (κ3) is 2.07. The number of pyridine rings is 1. The van der Waals surface area contributed by atoms with Crippen molar-refractivity contribution in [2.75, 3.05) is 0 Å². The van der Waals surface area contributed by atoms with Gasteiger partial charge in [0, 0.05) is 27.3 Å². The first kappa shape index (κ1) is 11.8. The number of fused-ring (bicyclic) bond motifs is 1. The molecule has 0 aliphatic heterocycles. The molecule has 3 rings (SSSR count). The highest BCUT2D eigenvalue weighted by molar-refractivity contribution is 9.10. The van der Waals surface area contributed by atoms with Crippen molar-refractivity contribution in [3.8, 4) is 10.6 Å². The van der Waals surface area contributed by atoms with Crippen molar-refractivity contribution in [1.82, 2.24) is 4.98 Å². The number of nitrogens with two attached hydrogens (primary N) is 1. The van der Waals surface area contributed by atoms with Crippen LogP contribution in [0.5, 0.6) is 0 Å². The van der Waals surface area contributed by atoms with Crippen molar-refractivity contribution < 1.29 is 0 Å². The van der Waals surface area contributed by atoms with Gasteiger partial charge in [0.25, 0.3) is 0 Å². The molecule has 3 aromatic rings. The van der Waals surface area contributed by atoms with E-state index in [-0.39, 0.29) is 0 Å². The lowest BCUT2D eigenvalue weighted by Crippen LogP contribution is -1.96. The van der Waals surface area contributed by atoms with Crippen LogP contribution < -0.4 is 5.73 Å². The number of nitrogens with zero attached hydrogens (tertiary/aromatic N) is 1. The van der Waals surface area contributed by atoms with Gasteiger partial charge < -0.3 is 5.73 Å². The molecule has 90 valence electrons. The summed E-state index contributed by atoms with van der Waals surface area (Å²) in [7, 11) is 0. The standard InChI is InChI=1S/C14H11BrN2S/c15-11-2-1-3-13-10(11)7-14(18-13)12-6-9(8-16)4-5-17-12/h1-7H,8,16H2. The van der Waals surface area contributed by atoms with Crippen LogP contribution in [-0.2, 0) is 6.54 Å². The van der Waals surface area contributed by atoms with Crippen molar-refractivity contribution in [2.45, 2.75) is 6.54 Å². The summed E-state index contributed by atoms with van der Waals surface area (Å²) in [4.78, 5) is 5.60. The second kappa shape index (κ2) is 4.80. The molecule has 2 nitrogen and oxygen atoms in total. The summed E-state index contributed by atoms with van der Waals surface area (Å²) in [6.07, 6.45) is 1.82. The molecule has 4 heteroatoms. The van der Waals surface area contributed by atoms with E-state index in [1.165, 1.54) is 15.0 Å². The van der Waals surface area contributed by atoms with Gasteiger partial charge in [-0.1, -0.05) is 22.0 Å². The number of benzene rings is 1. The van der Waals surface area contributed by atoms with Gasteiger partial charge in [-0.3, -0.25) is 4.98 Å². The van der Waals surface area contributed by atoms with Gasteiger partial charge in [0.05, 0.1) is 10.6 Å². The average Bonchev–Trinajstić information content (AvgIpc) is 2.84. The molecule has 1 aromatic carbocycles. The van der Waals surface area contributed by atoms with E-state index in [0.29, 0.717) is 6.54 Å². The van der Waals surface area contributed by atoms with E-state index in [2.05, 4.69) is 51.2 Å². The molecule has 0 bridgehead atoms. The minimum atomic E-state index is 0.546. The summed E-state index contributed by atoms with van der Waals surface area (Å²) in [6.45, 7) is 0.546. The van der Waals surface area contributed by atoms with Crippen LogP contribution in [-0.4, -0.2) is 4.98 Å². The summed E-state index contributed by atoms with van der Waals surface area (Å²) in [6, 6.07) is 12.4. The Balaban J connectivity index is 2.16. The molecule has 0 radical (unpaired) electrons. The first-order valence-corrected chi connectivity index (χ1v) is 7.22. The zero-order valence-corrected chi connectivity index (χ0v) is 12.0. The van der Waals surface area contributed by atoms with E-state index in [1.807, 2.05) is 12.3 Å². The van der Waals surface area contributed by atoms with E-state index in [9.17, 15) is 0 Å². The highest BCUT2D eigenvalue weighted by atomic mass is 79.9. The Morgan fingerprint density at radius 3 is 2.89 bits per heavy atom. The van der Waals surface area contributed by atoms with E-state index in [4.69, 9.17) is 5.73 Å². The molecule has 2 aromatic heterocycles. The number of halogens is 1. The quantitative estimate of drug-likeness (QED) is 0.769. The molecule has 0 atom stereocenters. The Bertz CT molecular complexity index is 706. The molecule has 2 N–H and O–H groups in total. The molecule has 0 saturated carbocycles. The zero-order valence-electron chi connectivity index (χ0n) is 9.56. The normalized spacial score (nSPS) is 11.0. The average molecular weight is 319 g/mol. The summed E-state index contributed by atoms with van der Waals surface area (Å²) in [5.41, 5.74) is 7.76. The summed E-state index contributed by atoms with van der Waals surface area (Å²) < 4.78 is 2.39. The molecule has 0 aliphatic carbocycles. The zero-order chi connectivity index (χ0) is 12.5. The third-order valence-corrected chi connectivity index (χ3v) is 4.64. The van der Waals surface area contributed by atoms with E-state index in [1.54, 1.807) is 11.3 Å². The highest BCUT2D eigenvalue weighted by Gasteiger charge is 2.07. The molecule has 0 fully saturated rings. The summed E-state index contributed by atoms with van der Waals surface area (Å²) in [5.74, 6) is 0. The van der Waals surface area contributed by atoms with Gasteiger partial charge in [-0.2, -0.15) is 0 Å². The van der Waals surface area contributed by atoms with Gasteiger partial charge >= 0.3 is 0 Å². The monoisotopic (exact) mass is 318 g/mol. The maximum Gasteiger partial charge on any atom is 0.0805 e. The van der Waals surface area contributed by atoms with Gasteiger partial charge in [0.15, 0.2) is 0 Å². The Morgan fingerprint density at radius 1 is 1.22 bits per heavy atom. The summed E-state index contributed by atoms with van der Waals surface area (Å²) >= 11 is 5.33. The van der Waals surface area contributed by atoms with Crippen LogP contribution in [0.2, 0.25) is 0 Å². The highest BCUT2D eigenvalue weighted by Crippen LogP contribution is 2.36. The first-order chi connectivity index (χ1) is 8.78.